The molecule has 1 aliphatic rings. The van der Waals surface area contributed by atoms with Gasteiger partial charge in [-0.3, -0.25) is 0 Å². The molecule has 0 spiro atoms. The van der Waals surface area contributed by atoms with Crippen LogP contribution in [0.2, 0.25) is 0 Å². The predicted octanol–water partition coefficient (Wildman–Crippen LogP) is 4.06. The highest BCUT2D eigenvalue weighted by Crippen LogP contribution is 2.60. The molecule has 0 aliphatic heterocycles. The van der Waals surface area contributed by atoms with Crippen molar-refractivity contribution in [1.82, 2.24) is 0 Å². The first-order valence-corrected chi connectivity index (χ1v) is 6.89. The highest BCUT2D eigenvalue weighted by molar-refractivity contribution is 9.10. The second kappa shape index (κ2) is 4.89. The third-order valence-corrected chi connectivity index (χ3v) is 4.96. The van der Waals surface area contributed by atoms with Gasteiger partial charge < -0.3 is 5.11 Å². The molecule has 0 bridgehead atoms. The summed E-state index contributed by atoms with van der Waals surface area (Å²) in [4.78, 5) is 0. The summed E-state index contributed by atoms with van der Waals surface area (Å²) in [5.74, 6) is 0.641. The molecule has 2 rings (SSSR count). The van der Waals surface area contributed by atoms with E-state index < -0.39 is 0 Å². The molecule has 1 aliphatic carbocycles. The molecule has 0 heterocycles. The lowest BCUT2D eigenvalue weighted by molar-refractivity contribution is 0.162. The Hall–Kier alpha value is -0.340. The van der Waals surface area contributed by atoms with Gasteiger partial charge in [0.1, 0.15) is 0 Å². The number of unbranched alkanes of at least 4 members (excludes halogenated alkanes) is 1. The molecule has 1 aromatic rings. The first-order valence-electron chi connectivity index (χ1n) is 6.10. The van der Waals surface area contributed by atoms with E-state index in [0.29, 0.717) is 5.92 Å². The molecule has 1 aromatic carbocycles. The molecular formula is C14H19BrO. The fourth-order valence-electron chi connectivity index (χ4n) is 2.36. The molecule has 1 N–H and O–H groups in total. The van der Waals surface area contributed by atoms with Crippen LogP contribution in [0, 0.1) is 5.92 Å². The number of hydrogen-bond donors (Lipinski definition) is 1. The Morgan fingerprint density at radius 2 is 2.12 bits per heavy atom. The Morgan fingerprint density at radius 3 is 2.75 bits per heavy atom. The van der Waals surface area contributed by atoms with E-state index in [1.54, 1.807) is 0 Å². The van der Waals surface area contributed by atoms with Crippen LogP contribution in [-0.4, -0.2) is 9.43 Å². The van der Waals surface area contributed by atoms with Gasteiger partial charge in [0.15, 0.2) is 0 Å². The number of rotatable bonds is 5. The van der Waals surface area contributed by atoms with Crippen LogP contribution in [0.4, 0.5) is 0 Å². The maximum Gasteiger partial charge on any atom is 0.0945 e. The van der Waals surface area contributed by atoms with Gasteiger partial charge in [-0.2, -0.15) is 0 Å². The zero-order valence-electron chi connectivity index (χ0n) is 9.70. The monoisotopic (exact) mass is 282 g/mol. The van der Waals surface area contributed by atoms with Gasteiger partial charge in [0.2, 0.25) is 0 Å². The normalized spacial score (nSPS) is 30.1. The van der Waals surface area contributed by atoms with Crippen molar-refractivity contribution in [3.05, 3.63) is 35.9 Å². The minimum absolute atomic E-state index is 0.0521. The summed E-state index contributed by atoms with van der Waals surface area (Å²) < 4.78 is -0.0521. The lowest BCUT2D eigenvalue weighted by Crippen LogP contribution is -2.15. The van der Waals surface area contributed by atoms with Crippen LogP contribution < -0.4 is 0 Å². The molecule has 0 saturated heterocycles. The predicted molar refractivity (Wildman–Crippen MR) is 70.7 cm³/mol. The van der Waals surface area contributed by atoms with E-state index in [2.05, 4.69) is 22.9 Å². The van der Waals surface area contributed by atoms with Crippen LogP contribution in [0.3, 0.4) is 0 Å². The number of benzene rings is 1. The highest BCUT2D eigenvalue weighted by Gasteiger charge is 2.56. The summed E-state index contributed by atoms with van der Waals surface area (Å²) in [7, 11) is 0. The standard InChI is InChI=1S/C14H19BrO/c1-2-3-9-12-10-14(12,15)13(16)11-7-5-4-6-8-11/h4-8,12-13,16H,2-3,9-10H2,1H3/t12-,13+,14-/m1/s1. The van der Waals surface area contributed by atoms with Gasteiger partial charge >= 0.3 is 0 Å². The van der Waals surface area contributed by atoms with Crippen LogP contribution >= 0.6 is 15.9 Å². The Balaban J connectivity index is 1.99. The van der Waals surface area contributed by atoms with Gasteiger partial charge in [0.05, 0.1) is 10.4 Å². The van der Waals surface area contributed by atoms with Crippen molar-refractivity contribution in [1.29, 1.82) is 0 Å². The van der Waals surface area contributed by atoms with E-state index in [1.165, 1.54) is 19.3 Å². The SMILES string of the molecule is CCCC[C@@H]1C[C@]1(Br)[C@@H](O)c1ccccc1. The van der Waals surface area contributed by atoms with Crippen molar-refractivity contribution < 1.29 is 5.11 Å². The molecule has 0 amide bonds. The van der Waals surface area contributed by atoms with E-state index in [0.717, 1.165) is 12.0 Å². The molecule has 0 aromatic heterocycles. The molecule has 1 nitrogen and oxygen atoms in total. The maximum absolute atomic E-state index is 10.3. The second-order valence-corrected chi connectivity index (χ2v) is 6.26. The van der Waals surface area contributed by atoms with Crippen molar-refractivity contribution >= 4 is 15.9 Å². The Labute approximate surface area is 106 Å². The van der Waals surface area contributed by atoms with E-state index in [4.69, 9.17) is 0 Å². The van der Waals surface area contributed by atoms with Crippen molar-refractivity contribution in [3.8, 4) is 0 Å². The summed E-state index contributed by atoms with van der Waals surface area (Å²) in [5.41, 5.74) is 1.03. The summed E-state index contributed by atoms with van der Waals surface area (Å²) in [6, 6.07) is 9.96. The van der Waals surface area contributed by atoms with Gasteiger partial charge in [0, 0.05) is 0 Å². The summed E-state index contributed by atoms with van der Waals surface area (Å²) in [6.07, 6.45) is 4.46. The van der Waals surface area contributed by atoms with Crippen LogP contribution in [0.15, 0.2) is 30.3 Å². The fourth-order valence-corrected chi connectivity index (χ4v) is 3.24. The number of halogens is 1. The molecule has 1 fully saturated rings. The third kappa shape index (κ3) is 2.33. The van der Waals surface area contributed by atoms with Crippen LogP contribution in [-0.2, 0) is 0 Å². The fraction of sp³-hybridized carbons (Fsp3) is 0.571. The lowest BCUT2D eigenvalue weighted by atomic mass is 10.0. The minimum atomic E-state index is -0.365. The Morgan fingerprint density at radius 1 is 1.44 bits per heavy atom. The molecule has 16 heavy (non-hydrogen) atoms. The lowest BCUT2D eigenvalue weighted by Gasteiger charge is -2.18. The zero-order valence-corrected chi connectivity index (χ0v) is 11.3. The number of aliphatic hydroxyl groups excluding tert-OH is 1. The smallest absolute Gasteiger partial charge is 0.0945 e. The minimum Gasteiger partial charge on any atom is -0.387 e. The third-order valence-electron chi connectivity index (χ3n) is 3.55. The molecule has 88 valence electrons. The molecule has 3 atom stereocenters. The summed E-state index contributed by atoms with van der Waals surface area (Å²) in [6.45, 7) is 2.21. The Bertz CT molecular complexity index is 338. The van der Waals surface area contributed by atoms with E-state index in [-0.39, 0.29) is 10.4 Å². The van der Waals surface area contributed by atoms with E-state index in [1.807, 2.05) is 30.3 Å². The van der Waals surface area contributed by atoms with Crippen LogP contribution in [0.1, 0.15) is 44.3 Å². The zero-order chi connectivity index (χ0) is 11.6. The van der Waals surface area contributed by atoms with Crippen molar-refractivity contribution in [2.75, 3.05) is 0 Å². The van der Waals surface area contributed by atoms with Crippen LogP contribution in [0.25, 0.3) is 0 Å². The van der Waals surface area contributed by atoms with Crippen LogP contribution in [0.5, 0.6) is 0 Å². The number of alkyl halides is 1. The molecule has 0 radical (unpaired) electrons. The quantitative estimate of drug-likeness (QED) is 0.808. The van der Waals surface area contributed by atoms with Gasteiger partial charge in [0.25, 0.3) is 0 Å². The Kier molecular flexibility index (Phi) is 3.70. The molecule has 1 saturated carbocycles. The average molecular weight is 283 g/mol. The van der Waals surface area contributed by atoms with Gasteiger partial charge in [-0.05, 0) is 24.3 Å². The number of hydrogen-bond acceptors (Lipinski definition) is 1. The van der Waals surface area contributed by atoms with Gasteiger partial charge in [-0.15, -0.1) is 0 Å². The summed E-state index contributed by atoms with van der Waals surface area (Å²) in [5, 5.41) is 10.3. The number of aliphatic hydroxyl groups is 1. The summed E-state index contributed by atoms with van der Waals surface area (Å²) >= 11 is 3.74. The first kappa shape index (κ1) is 12.1. The van der Waals surface area contributed by atoms with Gasteiger partial charge in [-0.25, -0.2) is 0 Å². The maximum atomic E-state index is 10.3. The highest BCUT2D eigenvalue weighted by atomic mass is 79.9. The van der Waals surface area contributed by atoms with E-state index >= 15 is 0 Å². The van der Waals surface area contributed by atoms with Crippen molar-refractivity contribution in [3.63, 3.8) is 0 Å². The molecule has 0 unspecified atom stereocenters. The van der Waals surface area contributed by atoms with Gasteiger partial charge in [-0.1, -0.05) is 66.0 Å². The first-order chi connectivity index (χ1) is 7.68. The second-order valence-electron chi connectivity index (χ2n) is 4.78. The van der Waals surface area contributed by atoms with E-state index in [9.17, 15) is 5.11 Å². The topological polar surface area (TPSA) is 20.2 Å². The molecule has 2 heteroatoms. The average Bonchev–Trinajstić information content (AvgIpc) is 2.99. The van der Waals surface area contributed by atoms with Crippen molar-refractivity contribution in [2.45, 2.75) is 43.0 Å². The largest absolute Gasteiger partial charge is 0.387 e. The molecular weight excluding hydrogens is 264 g/mol. The van der Waals surface area contributed by atoms with Crippen molar-refractivity contribution in [2.24, 2.45) is 5.92 Å².